The summed E-state index contributed by atoms with van der Waals surface area (Å²) in [7, 11) is 0.181. The van der Waals surface area contributed by atoms with Crippen molar-refractivity contribution >= 4 is 43.4 Å². The normalized spacial score (nSPS) is 17.6. The third-order valence-corrected chi connectivity index (χ3v) is 9.16. The van der Waals surface area contributed by atoms with E-state index in [1.54, 1.807) is 33.6 Å². The topological polar surface area (TPSA) is 89.6 Å². The maximum absolute atomic E-state index is 13.8. The van der Waals surface area contributed by atoms with Crippen LogP contribution in [0.3, 0.4) is 0 Å². The van der Waals surface area contributed by atoms with Gasteiger partial charge in [0.2, 0.25) is 10.0 Å². The van der Waals surface area contributed by atoms with Crippen molar-refractivity contribution in [1.29, 1.82) is 0 Å². The molecule has 4 aromatic rings. The Kier molecular flexibility index (Phi) is 4.53. The van der Waals surface area contributed by atoms with Crippen LogP contribution in [0.5, 0.6) is 0 Å². The number of amides is 1. The number of hydrogen-bond donors (Lipinski definition) is 1. The molecule has 2 aromatic heterocycles. The fourth-order valence-corrected chi connectivity index (χ4v) is 7.25. The van der Waals surface area contributed by atoms with Crippen LogP contribution in [0.25, 0.3) is 21.8 Å². The summed E-state index contributed by atoms with van der Waals surface area (Å²) in [5.74, 6) is -0.131. The number of H-pyrrole nitrogens is 1. The number of nitrogens with zero attached hydrogens (tertiary/aromatic N) is 4. The lowest BCUT2D eigenvalue weighted by Crippen LogP contribution is -2.78. The lowest BCUT2D eigenvalue weighted by Gasteiger charge is -2.61. The van der Waals surface area contributed by atoms with Crippen LogP contribution in [-0.2, 0) is 10.0 Å². The number of sulfonamides is 1. The zero-order valence-electron chi connectivity index (χ0n) is 19.0. The van der Waals surface area contributed by atoms with Gasteiger partial charge in [-0.25, -0.2) is 13.4 Å². The van der Waals surface area contributed by atoms with E-state index < -0.39 is 15.6 Å². The minimum Gasteiger partial charge on any atom is -0.377 e. The smallest absolute Gasteiger partial charge is 0.270 e. The predicted octanol–water partition coefficient (Wildman–Crippen LogP) is 3.07. The van der Waals surface area contributed by atoms with Gasteiger partial charge in [-0.3, -0.25) is 4.79 Å². The van der Waals surface area contributed by atoms with Crippen molar-refractivity contribution in [3.8, 4) is 0 Å². The first-order chi connectivity index (χ1) is 16.3. The molecule has 1 amide bonds. The molecule has 1 spiro atoms. The highest BCUT2D eigenvalue weighted by molar-refractivity contribution is 7.89. The van der Waals surface area contributed by atoms with Gasteiger partial charge < -0.3 is 14.8 Å². The van der Waals surface area contributed by atoms with Gasteiger partial charge >= 0.3 is 0 Å². The molecular formula is C25H25N5O3S. The molecule has 4 heterocycles. The molecule has 34 heavy (non-hydrogen) atoms. The van der Waals surface area contributed by atoms with Gasteiger partial charge in [-0.15, -0.1) is 0 Å². The summed E-state index contributed by atoms with van der Waals surface area (Å²) in [5, 5.41) is 2.50. The van der Waals surface area contributed by atoms with Gasteiger partial charge in [-0.05, 0) is 36.8 Å². The maximum atomic E-state index is 13.8. The number of benzene rings is 2. The Morgan fingerprint density at radius 1 is 1.06 bits per heavy atom. The van der Waals surface area contributed by atoms with E-state index in [1.807, 2.05) is 55.4 Å². The van der Waals surface area contributed by atoms with E-state index in [2.05, 4.69) is 9.97 Å². The number of hydrogen-bond acceptors (Lipinski definition) is 5. The Morgan fingerprint density at radius 3 is 2.53 bits per heavy atom. The van der Waals surface area contributed by atoms with E-state index >= 15 is 0 Å². The SMILES string of the molecule is CN(C)c1cccc2c(S(=O)(=O)N3CCC34CN(C(=O)c3cc5cccnc5[nH]3)C4)cccc12. The van der Waals surface area contributed by atoms with E-state index in [0.29, 0.717) is 41.3 Å². The first kappa shape index (κ1) is 21.1. The second kappa shape index (κ2) is 7.28. The Balaban J connectivity index is 1.27. The van der Waals surface area contributed by atoms with Gasteiger partial charge in [0, 0.05) is 61.8 Å². The van der Waals surface area contributed by atoms with Crippen LogP contribution < -0.4 is 4.90 Å². The van der Waals surface area contributed by atoms with Gasteiger partial charge in [-0.1, -0.05) is 24.3 Å². The molecule has 2 aliphatic heterocycles. The Labute approximate surface area is 197 Å². The van der Waals surface area contributed by atoms with E-state index in [4.69, 9.17) is 0 Å². The van der Waals surface area contributed by atoms with Crippen LogP contribution in [0, 0.1) is 0 Å². The number of carbonyl (C=O) groups is 1. The van der Waals surface area contributed by atoms with Gasteiger partial charge in [0.15, 0.2) is 0 Å². The summed E-state index contributed by atoms with van der Waals surface area (Å²) in [6.07, 6.45) is 2.43. The number of pyridine rings is 1. The predicted molar refractivity (Wildman–Crippen MR) is 132 cm³/mol. The minimum absolute atomic E-state index is 0.131. The molecule has 0 bridgehead atoms. The first-order valence-corrected chi connectivity index (χ1v) is 12.7. The lowest BCUT2D eigenvalue weighted by atomic mass is 9.80. The molecule has 8 nitrogen and oxygen atoms in total. The zero-order valence-corrected chi connectivity index (χ0v) is 19.8. The molecule has 0 saturated carbocycles. The average Bonchev–Trinajstić information content (AvgIpc) is 3.20. The molecule has 9 heteroatoms. The van der Waals surface area contributed by atoms with Gasteiger partial charge in [0.05, 0.1) is 10.4 Å². The van der Waals surface area contributed by atoms with Crippen LogP contribution >= 0.6 is 0 Å². The van der Waals surface area contributed by atoms with Crippen molar-refractivity contribution in [3.05, 3.63) is 66.5 Å². The van der Waals surface area contributed by atoms with E-state index in [1.165, 1.54) is 0 Å². The fourth-order valence-electron chi connectivity index (χ4n) is 5.26. The third kappa shape index (κ3) is 2.97. The zero-order chi connectivity index (χ0) is 23.7. The molecule has 2 aromatic carbocycles. The van der Waals surface area contributed by atoms with E-state index in [0.717, 1.165) is 22.9 Å². The van der Waals surface area contributed by atoms with Gasteiger partial charge in [0.1, 0.15) is 11.3 Å². The number of aromatic amines is 1. The number of rotatable bonds is 4. The van der Waals surface area contributed by atoms with E-state index in [9.17, 15) is 13.2 Å². The number of likely N-dealkylation sites (tertiary alicyclic amines) is 1. The van der Waals surface area contributed by atoms with Crippen molar-refractivity contribution < 1.29 is 13.2 Å². The number of aromatic nitrogens is 2. The summed E-state index contributed by atoms with van der Waals surface area (Å²) in [4.78, 5) is 24.4. The van der Waals surface area contributed by atoms with Crippen molar-refractivity contribution in [2.24, 2.45) is 0 Å². The molecule has 2 saturated heterocycles. The molecule has 0 aliphatic carbocycles. The second-order valence-corrected chi connectivity index (χ2v) is 11.2. The molecule has 2 aliphatic rings. The summed E-state index contributed by atoms with van der Waals surface area (Å²) in [6, 6.07) is 16.7. The largest absolute Gasteiger partial charge is 0.377 e. The summed E-state index contributed by atoms with van der Waals surface area (Å²) in [6.45, 7) is 1.24. The second-order valence-electron chi connectivity index (χ2n) is 9.36. The summed E-state index contributed by atoms with van der Waals surface area (Å²) < 4.78 is 29.1. The van der Waals surface area contributed by atoms with Crippen molar-refractivity contribution in [2.75, 3.05) is 38.6 Å². The van der Waals surface area contributed by atoms with Crippen LogP contribution in [0.4, 0.5) is 5.69 Å². The molecule has 6 rings (SSSR count). The van der Waals surface area contributed by atoms with Crippen molar-refractivity contribution in [1.82, 2.24) is 19.2 Å². The van der Waals surface area contributed by atoms with Crippen LogP contribution in [0.1, 0.15) is 16.9 Å². The maximum Gasteiger partial charge on any atom is 0.270 e. The molecule has 174 valence electrons. The highest BCUT2D eigenvalue weighted by atomic mass is 32.2. The molecule has 0 atom stereocenters. The van der Waals surface area contributed by atoms with Gasteiger partial charge in [-0.2, -0.15) is 4.31 Å². The van der Waals surface area contributed by atoms with E-state index in [-0.39, 0.29) is 5.91 Å². The minimum atomic E-state index is -3.72. The Hall–Kier alpha value is -3.43. The van der Waals surface area contributed by atoms with Crippen molar-refractivity contribution in [2.45, 2.75) is 16.9 Å². The third-order valence-electron chi connectivity index (χ3n) is 7.10. The highest BCUT2D eigenvalue weighted by Crippen LogP contribution is 2.44. The monoisotopic (exact) mass is 475 g/mol. The number of fused-ring (bicyclic) bond motifs is 2. The number of nitrogens with one attached hydrogen (secondary N) is 1. The number of carbonyl (C=O) groups excluding carboxylic acids is 1. The Bertz CT molecular complexity index is 1520. The van der Waals surface area contributed by atoms with Gasteiger partial charge in [0.25, 0.3) is 5.91 Å². The first-order valence-electron chi connectivity index (χ1n) is 11.3. The highest BCUT2D eigenvalue weighted by Gasteiger charge is 2.59. The number of anilines is 1. The van der Waals surface area contributed by atoms with Crippen LogP contribution in [0.15, 0.2) is 65.7 Å². The molecular weight excluding hydrogens is 450 g/mol. The lowest BCUT2D eigenvalue weighted by molar-refractivity contribution is -0.0572. The molecule has 0 unspecified atom stereocenters. The van der Waals surface area contributed by atoms with Crippen LogP contribution in [0.2, 0.25) is 0 Å². The Morgan fingerprint density at radius 2 is 1.82 bits per heavy atom. The molecule has 1 N–H and O–H groups in total. The quantitative estimate of drug-likeness (QED) is 0.490. The summed E-state index contributed by atoms with van der Waals surface area (Å²) in [5.41, 5.74) is 1.59. The van der Waals surface area contributed by atoms with Crippen molar-refractivity contribution in [3.63, 3.8) is 0 Å². The average molecular weight is 476 g/mol. The standard InChI is InChI=1S/C25H25N5O3S/c1-28(2)21-9-3-8-19-18(21)7-4-10-22(19)34(32,33)30-13-11-25(30)15-29(16-25)24(31)20-14-17-6-5-12-26-23(17)27-20/h3-10,12,14H,11,13,15-16H2,1-2H3,(H,26,27). The molecule has 2 fully saturated rings. The summed E-state index contributed by atoms with van der Waals surface area (Å²) >= 11 is 0. The van der Waals surface area contributed by atoms with Crippen LogP contribution in [-0.4, -0.2) is 72.8 Å². The fraction of sp³-hybridized carbons (Fsp3) is 0.280. The molecule has 0 radical (unpaired) electrons.